The van der Waals surface area contributed by atoms with E-state index in [-0.39, 0.29) is 22.8 Å². The topological polar surface area (TPSA) is 77.8 Å². The highest BCUT2D eigenvalue weighted by Gasteiger charge is 2.48. The normalized spacial score (nSPS) is 17.9. The second-order valence-corrected chi connectivity index (χ2v) is 8.32. The zero-order valence-corrected chi connectivity index (χ0v) is 15.9. The van der Waals surface area contributed by atoms with Crippen LogP contribution in [0, 0.1) is 12.3 Å². The number of aliphatic hydroxyl groups is 1. The van der Waals surface area contributed by atoms with Crippen LogP contribution in [0.5, 0.6) is 5.75 Å². The van der Waals surface area contributed by atoms with E-state index in [2.05, 4.69) is 0 Å². The average molecular weight is 371 g/mol. The van der Waals surface area contributed by atoms with Gasteiger partial charge < -0.3 is 10.2 Å². The molecule has 0 radical (unpaired) electrons. The maximum atomic E-state index is 13.0. The van der Waals surface area contributed by atoms with E-state index in [0.29, 0.717) is 0 Å². The SMILES string of the molecule is Cc1ccsc1C1C(C(=O)C(C)(C)C)=C(O)C(=O)N1c1ccccc1O. The predicted octanol–water partition coefficient (Wildman–Crippen LogP) is 4.28. The molecule has 0 saturated carbocycles. The number of thiophene rings is 1. The monoisotopic (exact) mass is 371 g/mol. The molecule has 6 heteroatoms. The lowest BCUT2D eigenvalue weighted by molar-refractivity contribution is -0.123. The van der Waals surface area contributed by atoms with Crippen LogP contribution in [-0.4, -0.2) is 21.9 Å². The van der Waals surface area contributed by atoms with Gasteiger partial charge in [0.15, 0.2) is 11.5 Å². The van der Waals surface area contributed by atoms with Crippen LogP contribution in [0.1, 0.15) is 37.3 Å². The van der Waals surface area contributed by atoms with E-state index in [1.54, 1.807) is 39.0 Å². The number of phenols is 1. The van der Waals surface area contributed by atoms with Gasteiger partial charge in [-0.05, 0) is 36.1 Å². The fourth-order valence-electron chi connectivity index (χ4n) is 3.07. The van der Waals surface area contributed by atoms with E-state index in [4.69, 9.17) is 0 Å². The van der Waals surface area contributed by atoms with E-state index in [0.717, 1.165) is 10.4 Å². The zero-order chi connectivity index (χ0) is 19.2. The summed E-state index contributed by atoms with van der Waals surface area (Å²) < 4.78 is 0. The van der Waals surface area contributed by atoms with Crippen molar-refractivity contribution in [2.45, 2.75) is 33.7 Å². The number of rotatable bonds is 3. The summed E-state index contributed by atoms with van der Waals surface area (Å²) in [7, 11) is 0. The Kier molecular flexibility index (Phi) is 4.40. The maximum Gasteiger partial charge on any atom is 0.294 e. The van der Waals surface area contributed by atoms with Gasteiger partial charge in [0.2, 0.25) is 0 Å². The number of phenolic OH excluding ortho intramolecular Hbond substituents is 1. The first-order chi connectivity index (χ1) is 12.1. The number of hydrogen-bond donors (Lipinski definition) is 2. The first-order valence-electron chi connectivity index (χ1n) is 8.28. The highest BCUT2D eigenvalue weighted by molar-refractivity contribution is 7.10. The summed E-state index contributed by atoms with van der Waals surface area (Å²) in [5.74, 6) is -1.61. The molecular weight excluding hydrogens is 350 g/mol. The first kappa shape index (κ1) is 18.2. The number of aromatic hydroxyl groups is 1. The molecular formula is C20H21NO4S. The number of carbonyl (C=O) groups is 2. The molecule has 1 amide bonds. The van der Waals surface area contributed by atoms with Crippen LogP contribution in [0.4, 0.5) is 5.69 Å². The molecule has 0 spiro atoms. The number of benzene rings is 1. The summed E-state index contributed by atoms with van der Waals surface area (Å²) in [6.45, 7) is 7.15. The molecule has 0 aliphatic carbocycles. The van der Waals surface area contributed by atoms with Gasteiger partial charge in [0.05, 0.1) is 11.3 Å². The van der Waals surface area contributed by atoms with Crippen LogP contribution in [0.15, 0.2) is 47.0 Å². The molecule has 0 saturated heterocycles. The number of ketones is 1. The van der Waals surface area contributed by atoms with Crippen molar-refractivity contribution in [2.75, 3.05) is 4.90 Å². The third kappa shape index (κ3) is 2.80. The number of aliphatic hydroxyl groups excluding tert-OH is 1. The highest BCUT2D eigenvalue weighted by atomic mass is 32.1. The van der Waals surface area contributed by atoms with Gasteiger partial charge >= 0.3 is 0 Å². The molecule has 3 rings (SSSR count). The number of nitrogens with zero attached hydrogens (tertiary/aromatic N) is 1. The molecule has 2 N–H and O–H groups in total. The number of hydrogen-bond acceptors (Lipinski definition) is 5. The first-order valence-corrected chi connectivity index (χ1v) is 9.16. The van der Waals surface area contributed by atoms with Gasteiger partial charge in [-0.15, -0.1) is 11.3 Å². The van der Waals surface area contributed by atoms with Crippen molar-refractivity contribution in [3.63, 3.8) is 0 Å². The Hall–Kier alpha value is -2.60. The Morgan fingerprint density at radius 1 is 1.15 bits per heavy atom. The molecule has 1 aromatic carbocycles. The Morgan fingerprint density at radius 2 is 1.81 bits per heavy atom. The molecule has 1 unspecified atom stereocenters. The van der Waals surface area contributed by atoms with Crippen LogP contribution >= 0.6 is 11.3 Å². The Morgan fingerprint density at radius 3 is 2.35 bits per heavy atom. The van der Waals surface area contributed by atoms with Crippen molar-refractivity contribution in [1.29, 1.82) is 0 Å². The molecule has 0 fully saturated rings. The van der Waals surface area contributed by atoms with Crippen molar-refractivity contribution in [2.24, 2.45) is 5.41 Å². The molecule has 1 atom stereocenters. The van der Waals surface area contributed by atoms with Crippen LogP contribution in [-0.2, 0) is 9.59 Å². The van der Waals surface area contributed by atoms with Gasteiger partial charge in [0.1, 0.15) is 11.8 Å². The lowest BCUT2D eigenvalue weighted by atomic mass is 9.83. The number of para-hydroxylation sites is 2. The van der Waals surface area contributed by atoms with Gasteiger partial charge in [-0.2, -0.15) is 0 Å². The molecule has 1 aliphatic rings. The Balaban J connectivity index is 2.25. The minimum atomic E-state index is -0.762. The van der Waals surface area contributed by atoms with Gasteiger partial charge in [0.25, 0.3) is 5.91 Å². The Labute approximate surface area is 156 Å². The van der Waals surface area contributed by atoms with Crippen LogP contribution in [0.3, 0.4) is 0 Å². The smallest absolute Gasteiger partial charge is 0.294 e. The number of Topliss-reactive ketones (excluding diaryl/α,β-unsaturated/α-hetero) is 1. The molecule has 1 aliphatic heterocycles. The van der Waals surface area contributed by atoms with E-state index < -0.39 is 23.1 Å². The van der Waals surface area contributed by atoms with Gasteiger partial charge in [-0.25, -0.2) is 0 Å². The summed E-state index contributed by atoms with van der Waals surface area (Å²) in [5, 5.41) is 22.7. The second-order valence-electron chi connectivity index (χ2n) is 7.38. The number of aryl methyl sites for hydroxylation is 1. The third-order valence-corrected chi connectivity index (χ3v) is 5.50. The molecule has 2 heterocycles. The summed E-state index contributed by atoms with van der Waals surface area (Å²) in [5.41, 5.74) is 0.499. The number of carbonyl (C=O) groups excluding carboxylic acids is 2. The summed E-state index contributed by atoms with van der Waals surface area (Å²) in [6, 6.07) is 7.56. The van der Waals surface area contributed by atoms with Crippen LogP contribution in [0.25, 0.3) is 0 Å². The summed E-state index contributed by atoms with van der Waals surface area (Å²) >= 11 is 1.41. The molecule has 136 valence electrons. The van der Waals surface area contributed by atoms with Crippen molar-refractivity contribution >= 4 is 28.7 Å². The second kappa shape index (κ2) is 6.29. The number of anilines is 1. The fourth-order valence-corrected chi connectivity index (χ4v) is 4.10. The molecule has 1 aromatic heterocycles. The minimum Gasteiger partial charge on any atom is -0.506 e. The highest BCUT2D eigenvalue weighted by Crippen LogP contribution is 2.47. The summed E-state index contributed by atoms with van der Waals surface area (Å²) in [6.07, 6.45) is 0. The standard InChI is InChI=1S/C20H21NO4S/c1-11-9-10-26-17(11)15-14(18(24)20(2,3)4)16(23)19(25)21(15)12-7-5-6-8-13(12)22/h5-10,15,22-23H,1-4H3. The predicted molar refractivity (Wildman–Crippen MR) is 102 cm³/mol. The van der Waals surface area contributed by atoms with Crippen molar-refractivity contribution in [3.8, 4) is 5.75 Å². The van der Waals surface area contributed by atoms with Crippen LogP contribution in [0.2, 0.25) is 0 Å². The van der Waals surface area contributed by atoms with Crippen molar-refractivity contribution < 1.29 is 19.8 Å². The van der Waals surface area contributed by atoms with E-state index >= 15 is 0 Å². The lowest BCUT2D eigenvalue weighted by Gasteiger charge is -2.28. The molecule has 0 bridgehead atoms. The minimum absolute atomic E-state index is 0.0799. The quantitative estimate of drug-likeness (QED) is 0.844. The average Bonchev–Trinajstić information content (AvgIpc) is 3.09. The summed E-state index contributed by atoms with van der Waals surface area (Å²) in [4.78, 5) is 28.0. The van der Waals surface area contributed by atoms with Gasteiger partial charge in [0, 0.05) is 10.3 Å². The van der Waals surface area contributed by atoms with Crippen LogP contribution < -0.4 is 4.90 Å². The Bertz CT molecular complexity index is 920. The molecule has 26 heavy (non-hydrogen) atoms. The number of amides is 1. The maximum absolute atomic E-state index is 13.0. The van der Waals surface area contributed by atoms with Gasteiger partial charge in [-0.3, -0.25) is 14.5 Å². The van der Waals surface area contributed by atoms with E-state index in [1.165, 1.54) is 22.3 Å². The van der Waals surface area contributed by atoms with Gasteiger partial charge in [-0.1, -0.05) is 32.9 Å². The largest absolute Gasteiger partial charge is 0.506 e. The van der Waals surface area contributed by atoms with Crippen molar-refractivity contribution in [1.82, 2.24) is 0 Å². The zero-order valence-electron chi connectivity index (χ0n) is 15.1. The fraction of sp³-hybridized carbons (Fsp3) is 0.300. The molecule has 5 nitrogen and oxygen atoms in total. The molecule has 2 aromatic rings. The van der Waals surface area contributed by atoms with Crippen molar-refractivity contribution in [3.05, 3.63) is 57.5 Å². The lowest BCUT2D eigenvalue weighted by Crippen LogP contribution is -2.32. The third-order valence-electron chi connectivity index (χ3n) is 4.43. The van der Waals surface area contributed by atoms with E-state index in [9.17, 15) is 19.8 Å². The van der Waals surface area contributed by atoms with E-state index in [1.807, 2.05) is 18.4 Å².